The van der Waals surface area contributed by atoms with Gasteiger partial charge in [0.05, 0.1) is 6.10 Å². The number of aldehydes is 1. The Labute approximate surface area is 134 Å². The molecule has 0 spiro atoms. The fourth-order valence-corrected chi connectivity index (χ4v) is 2.43. The second kappa shape index (κ2) is 8.32. The van der Waals surface area contributed by atoms with Gasteiger partial charge in [-0.25, -0.2) is 0 Å². The van der Waals surface area contributed by atoms with Gasteiger partial charge in [-0.2, -0.15) is 0 Å². The van der Waals surface area contributed by atoms with Crippen LogP contribution < -0.4 is 4.74 Å². The quantitative estimate of drug-likeness (QED) is 0.734. The third kappa shape index (κ3) is 7.02. The molecule has 2 atom stereocenters. The minimum atomic E-state index is -4.94. The molecule has 1 aromatic carbocycles. The van der Waals surface area contributed by atoms with E-state index in [-0.39, 0.29) is 28.4 Å². The lowest BCUT2D eigenvalue weighted by atomic mass is 10.0. The Morgan fingerprint density at radius 1 is 1.35 bits per heavy atom. The predicted octanol–water partition coefficient (Wildman–Crippen LogP) is 2.46. The summed E-state index contributed by atoms with van der Waals surface area (Å²) in [6.45, 7) is 1.35. The number of rotatable bonds is 7. The number of carbonyl (C=O) groups excluding carboxylic acids is 2. The zero-order valence-corrected chi connectivity index (χ0v) is 12.9. The molecule has 0 saturated carbocycles. The molecule has 0 saturated heterocycles. The first-order valence-electron chi connectivity index (χ1n) is 6.48. The average Bonchev–Trinajstić information content (AvgIpc) is 2.43. The highest BCUT2D eigenvalue weighted by molar-refractivity contribution is 8.13. The first-order chi connectivity index (χ1) is 10.6. The second-order valence-electron chi connectivity index (χ2n) is 4.64. The number of thioether (sulfide) groups is 1. The van der Waals surface area contributed by atoms with Gasteiger partial charge in [-0.3, -0.25) is 9.59 Å². The Bertz CT molecular complexity index is 562. The molecule has 0 bridgehead atoms. The fraction of sp³-hybridized carbons (Fsp3) is 0.429. The number of ether oxygens (including phenoxy) is 1. The highest BCUT2D eigenvalue weighted by atomic mass is 32.2. The van der Waals surface area contributed by atoms with Crippen molar-refractivity contribution in [1.29, 1.82) is 0 Å². The summed E-state index contributed by atoms with van der Waals surface area (Å²) < 4.78 is 40.5. The lowest BCUT2D eigenvalue weighted by Gasteiger charge is -2.19. The van der Waals surface area contributed by atoms with Crippen LogP contribution in [0, 0.1) is 0 Å². The van der Waals surface area contributed by atoms with Crippen LogP contribution in [0.15, 0.2) is 18.2 Å². The number of hydrogen-bond donors (Lipinski definition) is 2. The molecule has 2 unspecified atom stereocenters. The molecule has 0 aliphatic carbocycles. The molecule has 0 fully saturated rings. The van der Waals surface area contributed by atoms with Crippen LogP contribution in [0.25, 0.3) is 0 Å². The first-order valence-corrected chi connectivity index (χ1v) is 7.46. The van der Waals surface area contributed by atoms with Crippen molar-refractivity contribution >= 4 is 23.2 Å². The van der Waals surface area contributed by atoms with Crippen LogP contribution in [0.4, 0.5) is 13.2 Å². The molecule has 1 rings (SSSR count). The molecule has 9 heteroatoms. The Morgan fingerprint density at radius 3 is 2.52 bits per heavy atom. The Hall–Kier alpha value is -1.58. The molecule has 5 nitrogen and oxygen atoms in total. The number of aliphatic hydroxyl groups is 2. The Balaban J connectivity index is 2.89. The normalized spacial score (nSPS) is 14.2. The molecule has 1 aromatic rings. The lowest BCUT2D eigenvalue weighted by molar-refractivity contribution is -0.274. The number of alkyl halides is 3. The molecule has 0 aromatic heterocycles. The maximum Gasteiger partial charge on any atom is 0.573 e. The molecule has 0 aliphatic heterocycles. The van der Waals surface area contributed by atoms with Crippen molar-refractivity contribution < 1.29 is 37.7 Å². The van der Waals surface area contributed by atoms with Crippen molar-refractivity contribution in [1.82, 2.24) is 0 Å². The molecule has 128 valence electrons. The Morgan fingerprint density at radius 2 is 2.00 bits per heavy atom. The van der Waals surface area contributed by atoms with E-state index in [1.165, 1.54) is 6.92 Å². The van der Waals surface area contributed by atoms with Crippen LogP contribution in [0.5, 0.6) is 5.75 Å². The van der Waals surface area contributed by atoms with E-state index in [9.17, 15) is 33.0 Å². The van der Waals surface area contributed by atoms with Crippen molar-refractivity contribution in [3.8, 4) is 5.75 Å². The monoisotopic (exact) mass is 352 g/mol. The van der Waals surface area contributed by atoms with Crippen LogP contribution in [-0.2, 0) is 4.79 Å². The minimum Gasteiger partial charge on any atom is -0.406 e. The maximum absolute atomic E-state index is 12.3. The van der Waals surface area contributed by atoms with Crippen molar-refractivity contribution in [2.45, 2.75) is 31.9 Å². The van der Waals surface area contributed by atoms with Gasteiger partial charge >= 0.3 is 6.36 Å². The summed E-state index contributed by atoms with van der Waals surface area (Å²) in [6.07, 6.45) is -7.41. The summed E-state index contributed by atoms with van der Waals surface area (Å²) in [5.41, 5.74) is -0.222. The molecule has 2 N–H and O–H groups in total. The fourth-order valence-electron chi connectivity index (χ4n) is 1.78. The predicted molar refractivity (Wildman–Crippen MR) is 77.2 cm³/mol. The number of benzene rings is 1. The molecule has 0 aliphatic rings. The Kier molecular flexibility index (Phi) is 7.04. The molecule has 0 amide bonds. The van der Waals surface area contributed by atoms with Crippen molar-refractivity contribution in [2.24, 2.45) is 0 Å². The zero-order valence-electron chi connectivity index (χ0n) is 12.0. The van der Waals surface area contributed by atoms with Crippen LogP contribution in [0.3, 0.4) is 0 Å². The van der Waals surface area contributed by atoms with Crippen LogP contribution in [0.1, 0.15) is 35.4 Å². The van der Waals surface area contributed by atoms with E-state index < -0.39 is 24.3 Å². The molecular weight excluding hydrogens is 337 g/mol. The third-order valence-corrected chi connectivity index (χ3v) is 3.59. The van der Waals surface area contributed by atoms with Gasteiger partial charge in [0.1, 0.15) is 18.1 Å². The van der Waals surface area contributed by atoms with Crippen molar-refractivity contribution in [3.63, 3.8) is 0 Å². The largest absolute Gasteiger partial charge is 0.573 e. The smallest absolute Gasteiger partial charge is 0.406 e. The molecular formula is C14H15F3O5S. The average molecular weight is 352 g/mol. The summed E-state index contributed by atoms with van der Waals surface area (Å²) in [7, 11) is 0. The second-order valence-corrected chi connectivity index (χ2v) is 5.91. The zero-order chi connectivity index (χ0) is 17.6. The number of halogens is 3. The summed E-state index contributed by atoms with van der Waals surface area (Å²) >= 11 is 0.951. The van der Waals surface area contributed by atoms with E-state index in [1.54, 1.807) is 0 Å². The third-order valence-electron chi connectivity index (χ3n) is 2.75. The van der Waals surface area contributed by atoms with Crippen LogP contribution >= 0.6 is 11.8 Å². The minimum absolute atomic E-state index is 0.0478. The van der Waals surface area contributed by atoms with Gasteiger partial charge in [0, 0.05) is 18.2 Å². The van der Waals surface area contributed by atoms with Gasteiger partial charge in [-0.05, 0) is 30.2 Å². The van der Waals surface area contributed by atoms with Gasteiger partial charge in [0.25, 0.3) is 0 Å². The number of hydrogen-bond acceptors (Lipinski definition) is 6. The van der Waals surface area contributed by atoms with E-state index in [0.29, 0.717) is 6.29 Å². The van der Waals surface area contributed by atoms with E-state index >= 15 is 0 Å². The number of carbonyl (C=O) groups is 2. The van der Waals surface area contributed by atoms with Gasteiger partial charge < -0.3 is 14.9 Å². The summed E-state index contributed by atoms with van der Waals surface area (Å²) in [4.78, 5) is 21.6. The summed E-state index contributed by atoms with van der Waals surface area (Å²) in [6, 6.07) is 2.92. The van der Waals surface area contributed by atoms with Crippen molar-refractivity contribution in [3.05, 3.63) is 29.3 Å². The van der Waals surface area contributed by atoms with E-state index in [1.807, 2.05) is 0 Å². The van der Waals surface area contributed by atoms with E-state index in [4.69, 9.17) is 0 Å². The van der Waals surface area contributed by atoms with Crippen LogP contribution in [0.2, 0.25) is 0 Å². The lowest BCUT2D eigenvalue weighted by Crippen LogP contribution is -2.20. The topological polar surface area (TPSA) is 83.8 Å². The highest BCUT2D eigenvalue weighted by Crippen LogP contribution is 2.29. The highest BCUT2D eigenvalue weighted by Gasteiger charge is 2.31. The van der Waals surface area contributed by atoms with Crippen LogP contribution in [-0.4, -0.2) is 39.8 Å². The SMILES string of the molecule is CC(=O)SCCC(O)C(O)c1cc(C=O)cc(OC(F)(F)F)c1. The maximum atomic E-state index is 12.3. The van der Waals surface area contributed by atoms with E-state index in [0.717, 1.165) is 30.0 Å². The van der Waals surface area contributed by atoms with Crippen molar-refractivity contribution in [2.75, 3.05) is 5.75 Å². The molecule has 0 radical (unpaired) electrons. The summed E-state index contributed by atoms with van der Waals surface area (Å²) in [5.74, 6) is -0.422. The first kappa shape index (κ1) is 19.5. The van der Waals surface area contributed by atoms with Gasteiger partial charge in [-0.1, -0.05) is 11.8 Å². The molecule has 23 heavy (non-hydrogen) atoms. The van der Waals surface area contributed by atoms with E-state index in [2.05, 4.69) is 4.74 Å². The number of aliphatic hydroxyl groups excluding tert-OH is 2. The standard InChI is InChI=1S/C14H15F3O5S/c1-8(19)23-3-2-12(20)13(21)10-4-9(7-18)5-11(6-10)22-14(15,16)17/h4-7,12-13,20-21H,2-3H2,1H3. The molecule has 0 heterocycles. The summed E-state index contributed by atoms with van der Waals surface area (Å²) in [5, 5.41) is 19.7. The van der Waals surface area contributed by atoms with Gasteiger partial charge in [-0.15, -0.1) is 13.2 Å². The van der Waals surface area contributed by atoms with Gasteiger partial charge in [0.2, 0.25) is 0 Å². The van der Waals surface area contributed by atoms with Gasteiger partial charge in [0.15, 0.2) is 5.12 Å².